The standard InChI is InChI=1S/C44H54ClF3N8O6Si/c1-25(2)37(53-42(60)61-7)40(58)56-24-63(8,9)23-34(56)38-50-21-33(51-38)28-12-10-27(11-13-28)30-18-31(45)32(19-35(30)62-44(46,47)48)52-39(57)29-14-15-36(49-20-29)55-17-16-54(22-26(55)3)41(59)43(4,5)6/h10-15,18-21,25-26,34,37H,16-17,22-24H2,1-9H3,(H,50,51)(H,52,57)(H,53,60). The van der Waals surface area contributed by atoms with Crippen molar-refractivity contribution in [3.05, 3.63) is 77.3 Å². The zero-order valence-corrected chi connectivity index (χ0v) is 38.6. The number of hydrogen-bond acceptors (Lipinski definition) is 9. The van der Waals surface area contributed by atoms with Crippen molar-refractivity contribution in [2.75, 3.05) is 43.1 Å². The molecule has 2 fully saturated rings. The number of carbonyl (C=O) groups excluding carboxylic acids is 4. The minimum atomic E-state index is -5.06. The van der Waals surface area contributed by atoms with Crippen LogP contribution in [0.1, 0.15) is 63.8 Å². The Hall–Kier alpha value is -5.62. The maximum atomic E-state index is 13.9. The minimum absolute atomic E-state index is 0.0279. The number of ether oxygens (including phenoxy) is 2. The number of halogens is 4. The maximum Gasteiger partial charge on any atom is 0.573 e. The summed E-state index contributed by atoms with van der Waals surface area (Å²) in [6.45, 7) is 17.3. The van der Waals surface area contributed by atoms with Gasteiger partial charge in [-0.1, -0.05) is 83.6 Å². The highest BCUT2D eigenvalue weighted by molar-refractivity contribution is 6.78. The summed E-state index contributed by atoms with van der Waals surface area (Å²) in [5.41, 5.74) is 1.24. The Morgan fingerprint density at radius 2 is 1.65 bits per heavy atom. The van der Waals surface area contributed by atoms with Crippen LogP contribution >= 0.6 is 11.6 Å². The monoisotopic (exact) mass is 910 g/mol. The predicted molar refractivity (Wildman–Crippen MR) is 237 cm³/mol. The van der Waals surface area contributed by atoms with Gasteiger partial charge in [-0.25, -0.2) is 14.8 Å². The summed E-state index contributed by atoms with van der Waals surface area (Å²) in [7, 11) is -0.626. The van der Waals surface area contributed by atoms with E-state index in [0.29, 0.717) is 54.3 Å². The summed E-state index contributed by atoms with van der Waals surface area (Å²) in [6, 6.07) is 11.8. The average molecular weight is 911 g/mol. The number of benzene rings is 2. The van der Waals surface area contributed by atoms with Gasteiger partial charge in [0.05, 0.1) is 49.4 Å². The normalized spacial score (nSPS) is 18.3. The number of alkyl carbamates (subject to hydrolysis) is 1. The third kappa shape index (κ3) is 11.0. The lowest BCUT2D eigenvalue weighted by Gasteiger charge is -2.42. The molecule has 63 heavy (non-hydrogen) atoms. The van der Waals surface area contributed by atoms with E-state index in [1.807, 2.05) is 46.4 Å². The average Bonchev–Trinajstić information content (AvgIpc) is 3.84. The smallest absolute Gasteiger partial charge is 0.453 e. The lowest BCUT2D eigenvalue weighted by Crippen LogP contribution is -2.56. The van der Waals surface area contributed by atoms with E-state index in [1.54, 1.807) is 47.5 Å². The van der Waals surface area contributed by atoms with Gasteiger partial charge in [0.15, 0.2) is 0 Å². The summed E-state index contributed by atoms with van der Waals surface area (Å²) < 4.78 is 50.6. The first-order chi connectivity index (χ1) is 29.4. The number of aromatic nitrogens is 3. The van der Waals surface area contributed by atoms with Crippen molar-refractivity contribution < 1.29 is 41.8 Å². The number of carbonyl (C=O) groups is 4. The molecule has 338 valence electrons. The fraction of sp³-hybridized carbons (Fsp3) is 0.455. The van der Waals surface area contributed by atoms with Crippen LogP contribution < -0.4 is 20.3 Å². The highest BCUT2D eigenvalue weighted by Crippen LogP contribution is 2.42. The Balaban J connectivity index is 1.18. The number of nitrogens with one attached hydrogen (secondary N) is 3. The summed E-state index contributed by atoms with van der Waals surface area (Å²) in [5, 5.41) is 5.23. The second kappa shape index (κ2) is 18.2. The quantitative estimate of drug-likeness (QED) is 0.133. The molecule has 0 saturated carbocycles. The van der Waals surface area contributed by atoms with E-state index >= 15 is 0 Å². The number of anilines is 2. The molecule has 2 aliphatic heterocycles. The Bertz CT molecular complexity index is 2340. The van der Waals surface area contributed by atoms with Crippen LogP contribution in [0, 0.1) is 11.3 Å². The summed E-state index contributed by atoms with van der Waals surface area (Å²) in [5.74, 6) is -0.371. The number of amides is 4. The fourth-order valence-electron chi connectivity index (χ4n) is 8.03. The Morgan fingerprint density at radius 3 is 2.24 bits per heavy atom. The molecule has 4 heterocycles. The molecule has 2 aromatic heterocycles. The van der Waals surface area contributed by atoms with Crippen molar-refractivity contribution in [3.8, 4) is 28.1 Å². The number of imidazole rings is 1. The number of nitrogens with zero attached hydrogens (tertiary/aromatic N) is 5. The van der Waals surface area contributed by atoms with Crippen molar-refractivity contribution in [2.45, 2.75) is 85.2 Å². The number of piperazine rings is 1. The van der Waals surface area contributed by atoms with Gasteiger partial charge in [-0.15, -0.1) is 13.2 Å². The van der Waals surface area contributed by atoms with Crippen LogP contribution in [0.2, 0.25) is 24.2 Å². The molecule has 3 unspecified atom stereocenters. The van der Waals surface area contributed by atoms with E-state index in [-0.39, 0.29) is 51.7 Å². The van der Waals surface area contributed by atoms with E-state index in [4.69, 9.17) is 16.3 Å². The largest absolute Gasteiger partial charge is 0.573 e. The van der Waals surface area contributed by atoms with Crippen LogP contribution in [0.25, 0.3) is 22.4 Å². The van der Waals surface area contributed by atoms with Gasteiger partial charge >= 0.3 is 12.5 Å². The highest BCUT2D eigenvalue weighted by Gasteiger charge is 2.46. The van der Waals surface area contributed by atoms with E-state index in [1.165, 1.54) is 19.4 Å². The molecule has 0 radical (unpaired) electrons. The van der Waals surface area contributed by atoms with Gasteiger partial charge in [-0.2, -0.15) is 0 Å². The third-order valence-corrected chi connectivity index (χ3v) is 14.2. The molecule has 3 N–H and O–H groups in total. The number of alkyl halides is 3. The predicted octanol–water partition coefficient (Wildman–Crippen LogP) is 8.54. The first-order valence-electron chi connectivity index (χ1n) is 20.7. The van der Waals surface area contributed by atoms with Gasteiger partial charge < -0.3 is 39.8 Å². The van der Waals surface area contributed by atoms with Crippen molar-refractivity contribution >= 4 is 55.0 Å². The van der Waals surface area contributed by atoms with E-state index in [2.05, 4.69) is 48.3 Å². The molecule has 3 atom stereocenters. The Labute approximate surface area is 370 Å². The molecule has 0 spiro atoms. The van der Waals surface area contributed by atoms with Crippen LogP contribution in [0.5, 0.6) is 5.75 Å². The van der Waals surface area contributed by atoms with Crippen LogP contribution in [-0.4, -0.2) is 108 Å². The van der Waals surface area contributed by atoms with Crippen molar-refractivity contribution in [3.63, 3.8) is 0 Å². The van der Waals surface area contributed by atoms with Gasteiger partial charge in [0.1, 0.15) is 23.4 Å². The van der Waals surface area contributed by atoms with Crippen molar-refractivity contribution in [2.24, 2.45) is 11.3 Å². The lowest BCUT2D eigenvalue weighted by molar-refractivity contribution is -0.274. The third-order valence-electron chi connectivity index (χ3n) is 11.2. The molecule has 19 heteroatoms. The van der Waals surface area contributed by atoms with Gasteiger partial charge in [-0.05, 0) is 48.2 Å². The number of pyridine rings is 1. The van der Waals surface area contributed by atoms with Crippen LogP contribution in [0.4, 0.5) is 29.5 Å². The molecule has 2 saturated heterocycles. The minimum Gasteiger partial charge on any atom is -0.453 e. The molecule has 4 amide bonds. The van der Waals surface area contributed by atoms with E-state index < -0.39 is 43.6 Å². The number of rotatable bonds is 10. The van der Waals surface area contributed by atoms with Gasteiger partial charge in [0.25, 0.3) is 5.91 Å². The van der Waals surface area contributed by atoms with Crippen molar-refractivity contribution in [1.29, 1.82) is 0 Å². The molecule has 6 rings (SSSR count). The van der Waals surface area contributed by atoms with Crippen LogP contribution in [0.3, 0.4) is 0 Å². The number of H-pyrrole nitrogens is 1. The van der Waals surface area contributed by atoms with Crippen molar-refractivity contribution in [1.82, 2.24) is 30.1 Å². The topological polar surface area (TPSA) is 162 Å². The summed E-state index contributed by atoms with van der Waals surface area (Å²) in [4.78, 5) is 70.3. The second-order valence-corrected chi connectivity index (χ2v) is 23.7. The first-order valence-corrected chi connectivity index (χ1v) is 24.5. The van der Waals surface area contributed by atoms with Crippen LogP contribution in [0.15, 0.2) is 60.9 Å². The molecule has 4 aromatic rings. The number of aromatic amines is 1. The molecule has 2 aliphatic rings. The molecule has 0 aliphatic carbocycles. The maximum absolute atomic E-state index is 13.9. The zero-order chi connectivity index (χ0) is 46.2. The van der Waals surface area contributed by atoms with Gasteiger partial charge in [0.2, 0.25) is 11.8 Å². The Kier molecular flexibility index (Phi) is 13.6. The van der Waals surface area contributed by atoms with Gasteiger partial charge in [-0.3, -0.25) is 14.4 Å². The fourth-order valence-corrected chi connectivity index (χ4v) is 11.1. The van der Waals surface area contributed by atoms with E-state index in [9.17, 15) is 32.3 Å². The summed E-state index contributed by atoms with van der Waals surface area (Å²) in [6.07, 6.45) is -2.16. The highest BCUT2D eigenvalue weighted by atomic mass is 35.5. The second-order valence-electron chi connectivity index (χ2n) is 18.2. The lowest BCUT2D eigenvalue weighted by atomic mass is 9.94. The van der Waals surface area contributed by atoms with E-state index in [0.717, 1.165) is 12.1 Å². The van der Waals surface area contributed by atoms with Crippen LogP contribution in [-0.2, 0) is 14.3 Å². The molecule has 14 nitrogen and oxygen atoms in total. The SMILES string of the molecule is COC(=O)NC(C(=O)N1C[Si](C)(C)CC1c1ncc(-c2ccc(-c3cc(Cl)c(NC(=O)c4ccc(N5CCN(C(=O)C(C)(C)C)CC5C)nc4)cc3OC(F)(F)F)cc2)[nH]1)C(C)C. The number of hydrogen-bond donors (Lipinski definition) is 3. The molecular formula is C44H54ClF3N8O6Si. The number of methoxy groups -OCH3 is 1. The van der Waals surface area contributed by atoms with Gasteiger partial charge in [0, 0.05) is 55.1 Å². The molecule has 0 bridgehead atoms. The molecule has 2 aromatic carbocycles. The summed E-state index contributed by atoms with van der Waals surface area (Å²) >= 11 is 6.61. The first kappa shape index (κ1) is 46.9. The Morgan fingerprint density at radius 1 is 0.968 bits per heavy atom. The molecular weight excluding hydrogens is 857 g/mol. The zero-order valence-electron chi connectivity index (χ0n) is 36.8.